The van der Waals surface area contributed by atoms with E-state index in [4.69, 9.17) is 9.47 Å². The average molecular weight is 209 g/mol. The summed E-state index contributed by atoms with van der Waals surface area (Å²) in [6.45, 7) is 2.01. The summed E-state index contributed by atoms with van der Waals surface area (Å²) in [7, 11) is 3.33. The van der Waals surface area contributed by atoms with Gasteiger partial charge in [-0.05, 0) is 38.3 Å². The molecule has 0 radical (unpaired) electrons. The van der Waals surface area contributed by atoms with E-state index in [0.29, 0.717) is 0 Å². The van der Waals surface area contributed by atoms with Crippen LogP contribution in [-0.2, 0) is 15.9 Å². The van der Waals surface area contributed by atoms with Gasteiger partial charge in [0.25, 0.3) is 0 Å². The summed E-state index contributed by atoms with van der Waals surface area (Å²) in [5.41, 5.74) is 2.21. The Bertz CT molecular complexity index is 285. The third-order valence-corrected chi connectivity index (χ3v) is 2.34. The number of hydrogen-bond donors (Lipinski definition) is 0. The second kappa shape index (κ2) is 6.53. The molecule has 0 saturated heterocycles. The summed E-state index contributed by atoms with van der Waals surface area (Å²) in [4.78, 5) is 4.44. The van der Waals surface area contributed by atoms with Crippen molar-refractivity contribution >= 4 is 0 Å². The second-order valence-corrected chi connectivity index (χ2v) is 3.56. The second-order valence-electron chi connectivity index (χ2n) is 3.56. The maximum absolute atomic E-state index is 5.12. The van der Waals surface area contributed by atoms with Crippen LogP contribution < -0.4 is 0 Å². The Labute approximate surface area is 91.4 Å². The minimum absolute atomic E-state index is 0.0881. The van der Waals surface area contributed by atoms with Crippen LogP contribution in [0.15, 0.2) is 18.2 Å². The standard InChI is InChI=1S/C12H19NO2/c1-10-6-4-7-11(13-10)8-5-9-12(14-2)15-3/h4,6-7,12H,5,8-9H2,1-3H3. The maximum Gasteiger partial charge on any atom is 0.156 e. The van der Waals surface area contributed by atoms with Gasteiger partial charge in [-0.1, -0.05) is 6.07 Å². The highest BCUT2D eigenvalue weighted by Crippen LogP contribution is 2.07. The van der Waals surface area contributed by atoms with E-state index in [1.54, 1.807) is 14.2 Å². The van der Waals surface area contributed by atoms with E-state index in [1.165, 1.54) is 0 Å². The van der Waals surface area contributed by atoms with Crippen LogP contribution in [0.3, 0.4) is 0 Å². The molecule has 1 aromatic heterocycles. The molecule has 0 N–H and O–H groups in total. The molecule has 1 rings (SSSR count). The lowest BCUT2D eigenvalue weighted by Gasteiger charge is -2.12. The number of pyridine rings is 1. The Balaban J connectivity index is 2.31. The number of aryl methyl sites for hydroxylation is 2. The Morgan fingerprint density at radius 3 is 2.60 bits per heavy atom. The van der Waals surface area contributed by atoms with E-state index >= 15 is 0 Å². The van der Waals surface area contributed by atoms with E-state index in [-0.39, 0.29) is 6.29 Å². The first-order valence-corrected chi connectivity index (χ1v) is 5.24. The summed E-state index contributed by atoms with van der Waals surface area (Å²) in [5, 5.41) is 0. The van der Waals surface area contributed by atoms with Crippen molar-refractivity contribution in [2.24, 2.45) is 0 Å². The quantitative estimate of drug-likeness (QED) is 0.674. The SMILES string of the molecule is COC(CCCc1cccc(C)n1)OC. The topological polar surface area (TPSA) is 31.4 Å². The lowest BCUT2D eigenvalue weighted by atomic mass is 10.1. The highest BCUT2D eigenvalue weighted by molar-refractivity contribution is 5.09. The van der Waals surface area contributed by atoms with Gasteiger partial charge in [-0.15, -0.1) is 0 Å². The van der Waals surface area contributed by atoms with Crippen LogP contribution in [0.4, 0.5) is 0 Å². The summed E-state index contributed by atoms with van der Waals surface area (Å²) < 4.78 is 10.2. The maximum atomic E-state index is 5.12. The molecule has 3 heteroatoms. The molecule has 0 aliphatic carbocycles. The summed E-state index contributed by atoms with van der Waals surface area (Å²) in [5.74, 6) is 0. The Morgan fingerprint density at radius 2 is 2.00 bits per heavy atom. The van der Waals surface area contributed by atoms with E-state index in [1.807, 2.05) is 19.1 Å². The minimum Gasteiger partial charge on any atom is -0.356 e. The van der Waals surface area contributed by atoms with Crippen molar-refractivity contribution in [3.63, 3.8) is 0 Å². The van der Waals surface area contributed by atoms with Gasteiger partial charge in [-0.25, -0.2) is 0 Å². The first-order chi connectivity index (χ1) is 7.26. The van der Waals surface area contributed by atoms with Gasteiger partial charge in [0.05, 0.1) is 0 Å². The van der Waals surface area contributed by atoms with Crippen molar-refractivity contribution < 1.29 is 9.47 Å². The molecule has 1 aromatic rings. The molecule has 0 saturated carbocycles. The molecule has 3 nitrogen and oxygen atoms in total. The van der Waals surface area contributed by atoms with Gasteiger partial charge < -0.3 is 9.47 Å². The first kappa shape index (κ1) is 12.1. The van der Waals surface area contributed by atoms with Gasteiger partial charge in [0, 0.05) is 25.6 Å². The number of ether oxygens (including phenoxy) is 2. The molecule has 0 unspecified atom stereocenters. The zero-order valence-corrected chi connectivity index (χ0v) is 9.69. The summed E-state index contributed by atoms with van der Waals surface area (Å²) in [6.07, 6.45) is 2.82. The monoisotopic (exact) mass is 209 g/mol. The van der Waals surface area contributed by atoms with Crippen molar-refractivity contribution in [3.8, 4) is 0 Å². The highest BCUT2D eigenvalue weighted by Gasteiger charge is 2.04. The van der Waals surface area contributed by atoms with Crippen molar-refractivity contribution in [2.75, 3.05) is 14.2 Å². The summed E-state index contributed by atoms with van der Waals surface area (Å²) in [6, 6.07) is 6.11. The molecule has 0 bridgehead atoms. The normalized spacial score (nSPS) is 10.9. The van der Waals surface area contributed by atoms with Crippen molar-refractivity contribution in [1.29, 1.82) is 0 Å². The molecule has 0 amide bonds. The average Bonchev–Trinajstić information content (AvgIpc) is 2.25. The van der Waals surface area contributed by atoms with Crippen LogP contribution in [0.25, 0.3) is 0 Å². The van der Waals surface area contributed by atoms with E-state index in [0.717, 1.165) is 30.7 Å². The van der Waals surface area contributed by atoms with Gasteiger partial charge >= 0.3 is 0 Å². The molecule has 0 atom stereocenters. The Hall–Kier alpha value is -0.930. The summed E-state index contributed by atoms with van der Waals surface area (Å²) >= 11 is 0. The number of aromatic nitrogens is 1. The van der Waals surface area contributed by atoms with E-state index in [2.05, 4.69) is 11.1 Å². The van der Waals surface area contributed by atoms with Gasteiger partial charge in [0.1, 0.15) is 0 Å². The fourth-order valence-corrected chi connectivity index (χ4v) is 1.52. The van der Waals surface area contributed by atoms with Crippen LogP contribution in [-0.4, -0.2) is 25.5 Å². The van der Waals surface area contributed by atoms with Crippen LogP contribution in [0, 0.1) is 6.92 Å². The zero-order valence-electron chi connectivity index (χ0n) is 9.69. The first-order valence-electron chi connectivity index (χ1n) is 5.24. The molecule has 0 aliphatic rings. The Kier molecular flexibility index (Phi) is 5.29. The third-order valence-electron chi connectivity index (χ3n) is 2.34. The van der Waals surface area contributed by atoms with Crippen molar-refractivity contribution in [3.05, 3.63) is 29.6 Å². The predicted octanol–water partition coefficient (Wildman–Crippen LogP) is 2.33. The third kappa shape index (κ3) is 4.40. The van der Waals surface area contributed by atoms with E-state index in [9.17, 15) is 0 Å². The van der Waals surface area contributed by atoms with Gasteiger partial charge in [0.2, 0.25) is 0 Å². The number of nitrogens with zero attached hydrogens (tertiary/aromatic N) is 1. The van der Waals surface area contributed by atoms with Crippen LogP contribution in [0.5, 0.6) is 0 Å². The van der Waals surface area contributed by atoms with Gasteiger partial charge in [-0.2, -0.15) is 0 Å². The highest BCUT2D eigenvalue weighted by atomic mass is 16.7. The molecule has 84 valence electrons. The van der Waals surface area contributed by atoms with Gasteiger partial charge in [0.15, 0.2) is 6.29 Å². The van der Waals surface area contributed by atoms with Crippen molar-refractivity contribution in [2.45, 2.75) is 32.5 Å². The lowest BCUT2D eigenvalue weighted by Crippen LogP contribution is -2.12. The number of rotatable bonds is 6. The van der Waals surface area contributed by atoms with E-state index < -0.39 is 0 Å². The molecular weight excluding hydrogens is 190 g/mol. The predicted molar refractivity (Wildman–Crippen MR) is 59.7 cm³/mol. The molecule has 0 spiro atoms. The molecule has 0 aliphatic heterocycles. The fraction of sp³-hybridized carbons (Fsp3) is 0.583. The fourth-order valence-electron chi connectivity index (χ4n) is 1.52. The number of methoxy groups -OCH3 is 2. The van der Waals surface area contributed by atoms with Crippen LogP contribution in [0.1, 0.15) is 24.2 Å². The molecular formula is C12H19NO2. The molecule has 0 fully saturated rings. The molecule has 15 heavy (non-hydrogen) atoms. The molecule has 0 aromatic carbocycles. The smallest absolute Gasteiger partial charge is 0.156 e. The lowest BCUT2D eigenvalue weighted by molar-refractivity contribution is -0.106. The number of hydrogen-bond acceptors (Lipinski definition) is 3. The van der Waals surface area contributed by atoms with Crippen LogP contribution >= 0.6 is 0 Å². The van der Waals surface area contributed by atoms with Crippen molar-refractivity contribution in [1.82, 2.24) is 4.98 Å². The molecule has 1 heterocycles. The van der Waals surface area contributed by atoms with Gasteiger partial charge in [-0.3, -0.25) is 4.98 Å². The zero-order chi connectivity index (χ0) is 11.1. The Morgan fingerprint density at radius 1 is 1.27 bits per heavy atom. The largest absolute Gasteiger partial charge is 0.356 e. The minimum atomic E-state index is -0.0881. The van der Waals surface area contributed by atoms with Crippen LogP contribution in [0.2, 0.25) is 0 Å².